The van der Waals surface area contributed by atoms with Crippen LogP contribution in [0.2, 0.25) is 0 Å². The Morgan fingerprint density at radius 2 is 2.38 bits per heavy atom. The molecule has 2 aromatic heterocycles. The van der Waals surface area contributed by atoms with E-state index in [0.717, 1.165) is 30.9 Å². The van der Waals surface area contributed by atoms with Crippen LogP contribution in [0, 0.1) is 0 Å². The van der Waals surface area contributed by atoms with Crippen molar-refractivity contribution in [3.05, 3.63) is 30.0 Å². The molecule has 0 spiro atoms. The highest BCUT2D eigenvalue weighted by Crippen LogP contribution is 2.19. The lowest BCUT2D eigenvalue weighted by molar-refractivity contribution is -0.131. The second-order valence-electron chi connectivity index (χ2n) is 6.31. The van der Waals surface area contributed by atoms with Crippen molar-refractivity contribution in [1.29, 1.82) is 0 Å². The molecule has 0 aromatic carbocycles. The number of H-pyrrole nitrogens is 1. The van der Waals surface area contributed by atoms with Crippen molar-refractivity contribution < 1.29 is 14.3 Å². The first-order valence-corrected chi connectivity index (χ1v) is 9.86. The zero-order chi connectivity index (χ0) is 18.4. The Bertz CT molecular complexity index is 690. The lowest BCUT2D eigenvalue weighted by atomic mass is 10.1. The van der Waals surface area contributed by atoms with Crippen LogP contribution in [0.4, 0.5) is 0 Å². The van der Waals surface area contributed by atoms with Crippen LogP contribution in [-0.4, -0.2) is 74.0 Å². The lowest BCUT2D eigenvalue weighted by Gasteiger charge is -2.41. The summed E-state index contributed by atoms with van der Waals surface area (Å²) in [6, 6.07) is 2.10. The molecule has 1 saturated heterocycles. The van der Waals surface area contributed by atoms with Crippen LogP contribution in [0.25, 0.3) is 0 Å². The molecule has 2 N–H and O–H groups in total. The van der Waals surface area contributed by atoms with Crippen molar-refractivity contribution in [2.24, 2.45) is 0 Å². The van der Waals surface area contributed by atoms with Gasteiger partial charge in [0.25, 0.3) is 0 Å². The van der Waals surface area contributed by atoms with Crippen LogP contribution < -0.4 is 0 Å². The molecular formula is C17H25N5O3S. The van der Waals surface area contributed by atoms with Gasteiger partial charge in [0.2, 0.25) is 11.1 Å². The van der Waals surface area contributed by atoms with Gasteiger partial charge in [-0.2, -0.15) is 0 Å². The summed E-state index contributed by atoms with van der Waals surface area (Å²) in [4.78, 5) is 21.1. The number of aromatic amines is 1. The number of carbonyl (C=O) groups excluding carboxylic acids is 1. The number of hydrogen-bond acceptors (Lipinski definition) is 7. The van der Waals surface area contributed by atoms with Gasteiger partial charge in [0.1, 0.15) is 5.82 Å². The number of rotatable bonds is 8. The Morgan fingerprint density at radius 3 is 3.08 bits per heavy atom. The first-order chi connectivity index (χ1) is 12.7. The monoisotopic (exact) mass is 379 g/mol. The second-order valence-corrected chi connectivity index (χ2v) is 7.26. The van der Waals surface area contributed by atoms with Crippen molar-refractivity contribution in [3.63, 3.8) is 0 Å². The van der Waals surface area contributed by atoms with E-state index in [1.165, 1.54) is 11.8 Å². The zero-order valence-electron chi connectivity index (χ0n) is 14.9. The average Bonchev–Trinajstić information content (AvgIpc) is 3.33. The zero-order valence-corrected chi connectivity index (χ0v) is 15.7. The summed E-state index contributed by atoms with van der Waals surface area (Å²) in [6.07, 6.45) is 4.85. The molecule has 26 heavy (non-hydrogen) atoms. The van der Waals surface area contributed by atoms with Crippen molar-refractivity contribution in [1.82, 2.24) is 25.0 Å². The van der Waals surface area contributed by atoms with E-state index in [2.05, 4.69) is 20.1 Å². The normalized spacial score (nSPS) is 18.4. The molecule has 8 nitrogen and oxygen atoms in total. The predicted octanol–water partition coefficient (Wildman–Crippen LogP) is 1.15. The fourth-order valence-corrected chi connectivity index (χ4v) is 3.81. The molecule has 1 amide bonds. The van der Waals surface area contributed by atoms with Gasteiger partial charge in [-0.15, -0.1) is 5.10 Å². The quantitative estimate of drug-likeness (QED) is 0.664. The molecule has 142 valence electrons. The lowest BCUT2D eigenvalue weighted by Crippen LogP contribution is -2.54. The summed E-state index contributed by atoms with van der Waals surface area (Å²) in [5, 5.41) is 17.0. The molecule has 3 rings (SSSR count). The largest absolute Gasteiger partial charge is 0.472 e. The number of hydrogen-bond donors (Lipinski definition) is 2. The van der Waals surface area contributed by atoms with Gasteiger partial charge in [-0.3, -0.25) is 14.8 Å². The number of nitrogens with zero attached hydrogens (tertiary/aromatic N) is 4. The molecule has 0 bridgehead atoms. The topological polar surface area (TPSA) is 98.5 Å². The van der Waals surface area contributed by atoms with Crippen LogP contribution in [0.3, 0.4) is 0 Å². The molecule has 0 saturated carbocycles. The maximum Gasteiger partial charge on any atom is 0.233 e. The number of nitrogens with one attached hydrogen (secondary N) is 1. The number of furan rings is 1. The fraction of sp³-hybridized carbons (Fsp3) is 0.588. The SMILES string of the molecule is CCc1nc(SCC(=O)N2CCN(Cc3ccoc3)[C@H](CCO)C2)n[nH]1. The summed E-state index contributed by atoms with van der Waals surface area (Å²) in [6.45, 7) is 4.99. The van der Waals surface area contributed by atoms with Gasteiger partial charge in [-0.25, -0.2) is 4.98 Å². The number of amides is 1. The maximum absolute atomic E-state index is 12.6. The van der Waals surface area contributed by atoms with Crippen molar-refractivity contribution >= 4 is 17.7 Å². The molecule has 3 heterocycles. The van der Waals surface area contributed by atoms with Gasteiger partial charge < -0.3 is 14.4 Å². The van der Waals surface area contributed by atoms with E-state index in [1.54, 1.807) is 12.5 Å². The highest BCUT2D eigenvalue weighted by Gasteiger charge is 2.29. The highest BCUT2D eigenvalue weighted by atomic mass is 32.2. The van der Waals surface area contributed by atoms with E-state index in [9.17, 15) is 9.90 Å². The number of aryl methyl sites for hydroxylation is 1. The molecular weight excluding hydrogens is 354 g/mol. The third-order valence-corrected chi connectivity index (χ3v) is 5.39. The van der Waals surface area contributed by atoms with Gasteiger partial charge in [0, 0.05) is 50.8 Å². The third kappa shape index (κ3) is 4.87. The second kappa shape index (κ2) is 9.20. The third-order valence-electron chi connectivity index (χ3n) is 4.56. The minimum atomic E-state index is 0.0868. The standard InChI is InChI=1S/C17H25N5O3S/c1-2-15-18-17(20-19-15)26-12-16(24)22-6-5-21(14(10-22)3-7-23)9-13-4-8-25-11-13/h4,8,11,14,23H,2-3,5-7,9-10,12H2,1H3,(H,18,19,20)/t14-/m1/s1. The Balaban J connectivity index is 1.52. The Morgan fingerprint density at radius 1 is 1.50 bits per heavy atom. The fourth-order valence-electron chi connectivity index (χ4n) is 3.09. The van der Waals surface area contributed by atoms with E-state index < -0.39 is 0 Å². The molecule has 9 heteroatoms. The molecule has 0 radical (unpaired) electrons. The summed E-state index contributed by atoms with van der Waals surface area (Å²) in [5.41, 5.74) is 1.11. The molecule has 1 aliphatic rings. The van der Waals surface area contributed by atoms with Crippen LogP contribution in [0.5, 0.6) is 0 Å². The Kier molecular flexibility index (Phi) is 6.70. The number of aromatic nitrogens is 3. The molecule has 0 unspecified atom stereocenters. The van der Waals surface area contributed by atoms with Gasteiger partial charge in [0.15, 0.2) is 0 Å². The van der Waals surface area contributed by atoms with E-state index in [4.69, 9.17) is 4.42 Å². The minimum Gasteiger partial charge on any atom is -0.472 e. The molecule has 1 atom stereocenters. The number of carbonyl (C=O) groups is 1. The average molecular weight is 379 g/mol. The van der Waals surface area contributed by atoms with Gasteiger partial charge in [-0.1, -0.05) is 18.7 Å². The van der Waals surface area contributed by atoms with Crippen molar-refractivity contribution in [3.8, 4) is 0 Å². The summed E-state index contributed by atoms with van der Waals surface area (Å²) >= 11 is 1.36. The van der Waals surface area contributed by atoms with Crippen LogP contribution in [-0.2, 0) is 17.8 Å². The molecule has 0 aliphatic carbocycles. The maximum atomic E-state index is 12.6. The Labute approximate surface area is 157 Å². The minimum absolute atomic E-state index is 0.0868. The summed E-state index contributed by atoms with van der Waals surface area (Å²) in [7, 11) is 0. The number of piperazine rings is 1. The van der Waals surface area contributed by atoms with Gasteiger partial charge in [0.05, 0.1) is 18.3 Å². The first kappa shape index (κ1) is 18.9. The number of aliphatic hydroxyl groups is 1. The summed E-state index contributed by atoms with van der Waals surface area (Å²) in [5.74, 6) is 1.24. The summed E-state index contributed by atoms with van der Waals surface area (Å²) < 4.78 is 5.14. The molecule has 1 aliphatic heterocycles. The number of thioether (sulfide) groups is 1. The molecule has 1 fully saturated rings. The van der Waals surface area contributed by atoms with Crippen molar-refractivity contribution in [2.75, 3.05) is 32.0 Å². The highest BCUT2D eigenvalue weighted by molar-refractivity contribution is 7.99. The van der Waals surface area contributed by atoms with Crippen LogP contribution >= 0.6 is 11.8 Å². The van der Waals surface area contributed by atoms with Crippen LogP contribution in [0.15, 0.2) is 28.2 Å². The van der Waals surface area contributed by atoms with E-state index >= 15 is 0 Å². The smallest absolute Gasteiger partial charge is 0.233 e. The first-order valence-electron chi connectivity index (χ1n) is 8.87. The van der Waals surface area contributed by atoms with E-state index in [0.29, 0.717) is 30.4 Å². The Hall–Kier alpha value is -1.84. The number of aliphatic hydroxyl groups excluding tert-OH is 1. The predicted molar refractivity (Wildman–Crippen MR) is 97.7 cm³/mol. The van der Waals surface area contributed by atoms with Crippen molar-refractivity contribution in [2.45, 2.75) is 37.5 Å². The van der Waals surface area contributed by atoms with E-state index in [1.807, 2.05) is 17.9 Å². The van der Waals surface area contributed by atoms with E-state index in [-0.39, 0.29) is 18.6 Å². The van der Waals surface area contributed by atoms with Gasteiger partial charge >= 0.3 is 0 Å². The molecule has 2 aromatic rings. The van der Waals surface area contributed by atoms with Gasteiger partial charge in [-0.05, 0) is 12.5 Å². The van der Waals surface area contributed by atoms with Crippen LogP contribution in [0.1, 0.15) is 24.7 Å².